The SMILES string of the molecule is C[C@H]1CN([C@@H](C)CO)C(=O)c2cccc(NS(C)(=O)=O)c2O[C@H]1CN(C)S(=O)(=O)c1ccc(Cl)cc1. The summed E-state index contributed by atoms with van der Waals surface area (Å²) >= 11 is 5.89. The van der Waals surface area contributed by atoms with E-state index in [0.29, 0.717) is 5.02 Å². The third kappa shape index (κ3) is 6.30. The number of likely N-dealkylation sites (N-methyl/N-ethyl adjacent to an activating group) is 1. The maximum Gasteiger partial charge on any atom is 0.258 e. The molecule has 10 nitrogen and oxygen atoms in total. The van der Waals surface area contributed by atoms with Crippen molar-refractivity contribution in [1.29, 1.82) is 0 Å². The lowest BCUT2D eigenvalue weighted by molar-refractivity contribution is 0.0389. The zero-order chi connectivity index (χ0) is 26.8. The van der Waals surface area contributed by atoms with Gasteiger partial charge >= 0.3 is 0 Å². The Morgan fingerprint density at radius 3 is 2.42 bits per heavy atom. The molecule has 1 aliphatic rings. The number of carbonyl (C=O) groups is 1. The molecule has 2 N–H and O–H groups in total. The highest BCUT2D eigenvalue weighted by molar-refractivity contribution is 7.92. The predicted molar refractivity (Wildman–Crippen MR) is 137 cm³/mol. The van der Waals surface area contributed by atoms with Crippen molar-refractivity contribution in [2.45, 2.75) is 30.9 Å². The van der Waals surface area contributed by atoms with Crippen molar-refractivity contribution in [1.82, 2.24) is 9.21 Å². The number of anilines is 1. The van der Waals surface area contributed by atoms with Gasteiger partial charge in [0.1, 0.15) is 6.10 Å². The van der Waals surface area contributed by atoms with E-state index in [9.17, 15) is 26.7 Å². The number of benzene rings is 2. The number of ether oxygens (including phenoxy) is 1. The van der Waals surface area contributed by atoms with Crippen LogP contribution in [0, 0.1) is 5.92 Å². The van der Waals surface area contributed by atoms with Gasteiger partial charge in [-0.15, -0.1) is 0 Å². The molecule has 0 aromatic heterocycles. The quantitative estimate of drug-likeness (QED) is 0.506. The van der Waals surface area contributed by atoms with Gasteiger partial charge in [0, 0.05) is 24.5 Å². The number of carbonyl (C=O) groups excluding carboxylic acids is 1. The highest BCUT2D eigenvalue weighted by Gasteiger charge is 2.36. The predicted octanol–water partition coefficient (Wildman–Crippen LogP) is 2.25. The first-order chi connectivity index (χ1) is 16.7. The smallest absolute Gasteiger partial charge is 0.258 e. The van der Waals surface area contributed by atoms with E-state index in [-0.39, 0.29) is 47.5 Å². The van der Waals surface area contributed by atoms with Crippen LogP contribution in [0.5, 0.6) is 5.75 Å². The van der Waals surface area contributed by atoms with Crippen LogP contribution in [0.3, 0.4) is 0 Å². The lowest BCUT2D eigenvalue weighted by Gasteiger charge is -2.38. The van der Waals surface area contributed by atoms with Crippen molar-refractivity contribution < 1.29 is 31.5 Å². The largest absolute Gasteiger partial charge is 0.486 e. The van der Waals surface area contributed by atoms with Crippen LogP contribution in [0.2, 0.25) is 5.02 Å². The van der Waals surface area contributed by atoms with Crippen LogP contribution in [0.15, 0.2) is 47.4 Å². The normalized spacial score (nSPS) is 19.8. The molecular formula is C23H30ClN3O7S2. The fourth-order valence-corrected chi connectivity index (χ4v) is 5.75. The minimum absolute atomic E-state index is 0.00287. The van der Waals surface area contributed by atoms with Crippen molar-refractivity contribution in [2.24, 2.45) is 5.92 Å². The second kappa shape index (κ2) is 10.9. The molecule has 0 radical (unpaired) electrons. The summed E-state index contributed by atoms with van der Waals surface area (Å²) in [4.78, 5) is 14.9. The molecule has 2 aromatic rings. The lowest BCUT2D eigenvalue weighted by atomic mass is 9.99. The van der Waals surface area contributed by atoms with Gasteiger partial charge in [0.25, 0.3) is 5.91 Å². The monoisotopic (exact) mass is 559 g/mol. The number of hydrogen-bond acceptors (Lipinski definition) is 7. The fourth-order valence-electron chi connectivity index (χ4n) is 3.88. The van der Waals surface area contributed by atoms with Crippen molar-refractivity contribution in [3.05, 3.63) is 53.1 Å². The molecule has 0 unspecified atom stereocenters. The molecule has 0 saturated heterocycles. The van der Waals surface area contributed by atoms with Gasteiger partial charge in [-0.1, -0.05) is 24.6 Å². The first-order valence-corrected chi connectivity index (χ1v) is 14.9. The molecule has 0 aliphatic carbocycles. The number of halogens is 1. The molecule has 1 amide bonds. The number of aliphatic hydroxyl groups is 1. The summed E-state index contributed by atoms with van der Waals surface area (Å²) in [6.45, 7) is 3.30. The Morgan fingerprint density at radius 2 is 1.83 bits per heavy atom. The Morgan fingerprint density at radius 1 is 1.19 bits per heavy atom. The number of sulfonamides is 2. The Hall–Kier alpha value is -2.38. The summed E-state index contributed by atoms with van der Waals surface area (Å²) in [5.74, 6) is -0.821. The van der Waals surface area contributed by atoms with Crippen LogP contribution in [-0.2, 0) is 20.0 Å². The summed E-state index contributed by atoms with van der Waals surface area (Å²) < 4.78 is 60.1. The molecule has 3 rings (SSSR count). The number of fused-ring (bicyclic) bond motifs is 1. The molecular weight excluding hydrogens is 530 g/mol. The average molecular weight is 560 g/mol. The molecule has 13 heteroatoms. The molecule has 3 atom stereocenters. The maximum absolute atomic E-state index is 13.4. The minimum Gasteiger partial charge on any atom is -0.486 e. The topological polar surface area (TPSA) is 133 Å². The minimum atomic E-state index is -3.90. The van der Waals surface area contributed by atoms with Gasteiger partial charge in [-0.25, -0.2) is 16.8 Å². The number of para-hydroxylation sites is 1. The number of aliphatic hydroxyl groups excluding tert-OH is 1. The van der Waals surface area contributed by atoms with Gasteiger partial charge < -0.3 is 14.7 Å². The molecule has 1 aliphatic heterocycles. The van der Waals surface area contributed by atoms with Crippen LogP contribution in [0.1, 0.15) is 24.2 Å². The van der Waals surface area contributed by atoms with E-state index in [1.54, 1.807) is 13.8 Å². The van der Waals surface area contributed by atoms with Gasteiger partial charge in [-0.05, 0) is 43.3 Å². The van der Waals surface area contributed by atoms with Crippen LogP contribution in [0.25, 0.3) is 0 Å². The standard InChI is InChI=1S/C23H30ClN3O7S2/c1-15-12-27(16(2)14-28)23(29)19-6-5-7-20(25-35(4,30)31)22(19)34-21(15)13-26(3)36(32,33)18-10-8-17(24)9-11-18/h5-11,15-16,21,25,28H,12-14H2,1-4H3/t15-,16-,21-/m0/s1. The highest BCUT2D eigenvalue weighted by Crippen LogP contribution is 2.35. The molecule has 198 valence electrons. The molecule has 0 fully saturated rings. The third-order valence-electron chi connectivity index (χ3n) is 5.95. The summed E-state index contributed by atoms with van der Waals surface area (Å²) in [6, 6.07) is 9.73. The number of nitrogens with one attached hydrogen (secondary N) is 1. The number of nitrogens with zero attached hydrogens (tertiary/aromatic N) is 2. The second-order valence-corrected chi connectivity index (χ2v) is 13.1. The summed E-state index contributed by atoms with van der Waals surface area (Å²) in [5.41, 5.74) is 0.159. The van der Waals surface area contributed by atoms with E-state index in [1.807, 2.05) is 0 Å². The third-order valence-corrected chi connectivity index (χ3v) is 8.63. The lowest BCUT2D eigenvalue weighted by Crippen LogP contribution is -2.50. The average Bonchev–Trinajstić information content (AvgIpc) is 2.80. The Kier molecular flexibility index (Phi) is 8.56. The molecule has 0 bridgehead atoms. The van der Waals surface area contributed by atoms with Gasteiger partial charge in [0.15, 0.2) is 5.75 Å². The van der Waals surface area contributed by atoms with Gasteiger partial charge in [0.2, 0.25) is 20.0 Å². The van der Waals surface area contributed by atoms with Crippen LogP contribution in [0.4, 0.5) is 5.69 Å². The van der Waals surface area contributed by atoms with Gasteiger partial charge in [-0.3, -0.25) is 9.52 Å². The number of rotatable bonds is 8. The van der Waals surface area contributed by atoms with E-state index in [1.165, 1.54) is 54.4 Å². The molecule has 0 spiro atoms. The zero-order valence-corrected chi connectivity index (χ0v) is 22.8. The molecule has 1 heterocycles. The van der Waals surface area contributed by atoms with Crippen molar-refractivity contribution in [3.8, 4) is 5.75 Å². The Bertz CT molecular complexity index is 1320. The zero-order valence-electron chi connectivity index (χ0n) is 20.4. The Labute approximate surface area is 216 Å². The van der Waals surface area contributed by atoms with E-state index >= 15 is 0 Å². The van der Waals surface area contributed by atoms with Crippen molar-refractivity contribution in [2.75, 3.05) is 37.7 Å². The second-order valence-electron chi connectivity index (χ2n) is 8.92. The first-order valence-electron chi connectivity index (χ1n) is 11.2. The molecule has 2 aromatic carbocycles. The van der Waals surface area contributed by atoms with E-state index < -0.39 is 38.1 Å². The molecule has 0 saturated carbocycles. The Balaban J connectivity index is 2.05. The van der Waals surface area contributed by atoms with Gasteiger partial charge in [0.05, 0.1) is 41.6 Å². The van der Waals surface area contributed by atoms with Crippen LogP contribution >= 0.6 is 11.6 Å². The number of amides is 1. The highest BCUT2D eigenvalue weighted by atomic mass is 35.5. The fraction of sp³-hybridized carbons (Fsp3) is 0.435. The van der Waals surface area contributed by atoms with E-state index in [4.69, 9.17) is 16.3 Å². The van der Waals surface area contributed by atoms with Crippen LogP contribution < -0.4 is 9.46 Å². The van der Waals surface area contributed by atoms with Crippen LogP contribution in [-0.4, -0.2) is 82.2 Å². The van der Waals surface area contributed by atoms with Gasteiger partial charge in [-0.2, -0.15) is 4.31 Å². The maximum atomic E-state index is 13.4. The summed E-state index contributed by atoms with van der Waals surface area (Å²) in [7, 11) is -6.19. The first kappa shape index (κ1) is 28.2. The summed E-state index contributed by atoms with van der Waals surface area (Å²) in [5, 5.41) is 10.2. The van der Waals surface area contributed by atoms with Crippen molar-refractivity contribution in [3.63, 3.8) is 0 Å². The number of hydrogen-bond donors (Lipinski definition) is 2. The van der Waals surface area contributed by atoms with E-state index in [2.05, 4.69) is 4.72 Å². The molecule has 36 heavy (non-hydrogen) atoms. The summed E-state index contributed by atoms with van der Waals surface area (Å²) in [6.07, 6.45) is 0.212. The van der Waals surface area contributed by atoms with Crippen molar-refractivity contribution >= 4 is 43.2 Å². The van der Waals surface area contributed by atoms with E-state index in [0.717, 1.165) is 10.6 Å².